The van der Waals surface area contributed by atoms with Crippen molar-refractivity contribution in [2.24, 2.45) is 0 Å². The Hall–Kier alpha value is -1.56. The third-order valence-corrected chi connectivity index (χ3v) is 4.19. The van der Waals surface area contributed by atoms with Gasteiger partial charge in [-0.2, -0.15) is 0 Å². The molecule has 1 aromatic rings. The Bertz CT molecular complexity index is 439. The van der Waals surface area contributed by atoms with Crippen molar-refractivity contribution in [2.75, 3.05) is 6.54 Å². The molecule has 0 atom stereocenters. The lowest BCUT2D eigenvalue weighted by atomic mass is 9.93. The monoisotopic (exact) mass is 296 g/mol. The molecule has 2 N–H and O–H groups in total. The molecule has 0 radical (unpaired) electrons. The number of amides is 2. The highest BCUT2D eigenvalue weighted by atomic mass is 32.1. The second-order valence-corrected chi connectivity index (χ2v) is 5.81. The van der Waals surface area contributed by atoms with Gasteiger partial charge in [0.05, 0.1) is 0 Å². The van der Waals surface area contributed by atoms with Gasteiger partial charge >= 0.3 is 12.0 Å². The molecule has 0 unspecified atom stereocenters. The topological polar surface area (TPSA) is 67.4 Å². The summed E-state index contributed by atoms with van der Waals surface area (Å²) in [7, 11) is 0. The van der Waals surface area contributed by atoms with Crippen LogP contribution in [0.25, 0.3) is 0 Å². The minimum Gasteiger partial charge on any atom is -0.458 e. The lowest BCUT2D eigenvalue weighted by Crippen LogP contribution is -2.44. The van der Waals surface area contributed by atoms with Gasteiger partial charge in [-0.3, -0.25) is 0 Å². The van der Waals surface area contributed by atoms with E-state index in [1.807, 2.05) is 18.4 Å². The Balaban J connectivity index is 1.71. The summed E-state index contributed by atoms with van der Waals surface area (Å²) in [5, 5.41) is 7.52. The van der Waals surface area contributed by atoms with Crippen molar-refractivity contribution in [1.82, 2.24) is 10.6 Å². The smallest absolute Gasteiger partial charge is 0.348 e. The third kappa shape index (κ3) is 4.23. The molecule has 1 heterocycles. The van der Waals surface area contributed by atoms with Crippen molar-refractivity contribution < 1.29 is 14.3 Å². The maximum Gasteiger partial charge on any atom is 0.348 e. The zero-order valence-corrected chi connectivity index (χ0v) is 12.4. The van der Waals surface area contributed by atoms with E-state index < -0.39 is 0 Å². The summed E-state index contributed by atoms with van der Waals surface area (Å²) in [6, 6.07) is 3.67. The fourth-order valence-electron chi connectivity index (χ4n) is 2.33. The summed E-state index contributed by atoms with van der Waals surface area (Å²) in [5.41, 5.74) is 0. The third-order valence-electron chi connectivity index (χ3n) is 3.34. The van der Waals surface area contributed by atoms with Crippen LogP contribution in [0.2, 0.25) is 0 Å². The maximum absolute atomic E-state index is 11.8. The van der Waals surface area contributed by atoms with Crippen molar-refractivity contribution in [1.29, 1.82) is 0 Å². The fourth-order valence-corrected chi connectivity index (χ4v) is 2.93. The zero-order chi connectivity index (χ0) is 14.4. The molecule has 0 bridgehead atoms. The van der Waals surface area contributed by atoms with Crippen LogP contribution in [0.15, 0.2) is 17.5 Å². The van der Waals surface area contributed by atoms with E-state index >= 15 is 0 Å². The number of hydrogen-bond acceptors (Lipinski definition) is 4. The van der Waals surface area contributed by atoms with E-state index in [0.29, 0.717) is 11.4 Å². The summed E-state index contributed by atoms with van der Waals surface area (Å²) in [4.78, 5) is 23.9. The Morgan fingerprint density at radius 2 is 2.10 bits per heavy atom. The van der Waals surface area contributed by atoms with Crippen LogP contribution < -0.4 is 10.6 Å². The van der Waals surface area contributed by atoms with Gasteiger partial charge in [-0.05, 0) is 44.1 Å². The Kier molecular flexibility index (Phi) is 5.40. The van der Waals surface area contributed by atoms with Gasteiger partial charge in [0.25, 0.3) is 0 Å². The summed E-state index contributed by atoms with van der Waals surface area (Å²) in [6.07, 6.45) is 3.26. The largest absolute Gasteiger partial charge is 0.458 e. The first-order chi connectivity index (χ1) is 9.69. The first-order valence-electron chi connectivity index (χ1n) is 6.98. The molecular formula is C14H20N2O3S. The van der Waals surface area contributed by atoms with Gasteiger partial charge in [0.2, 0.25) is 0 Å². The standard InChI is InChI=1S/C14H20N2O3S/c1-2-15-14(18)16-10-5-7-11(8-6-10)19-13(17)12-4-3-9-20-12/h3-4,9-11H,2,5-8H2,1H3,(H2,15,16,18). The number of ether oxygens (including phenoxy) is 1. The van der Waals surface area contributed by atoms with Crippen molar-refractivity contribution >= 4 is 23.3 Å². The van der Waals surface area contributed by atoms with E-state index in [4.69, 9.17) is 4.74 Å². The molecule has 0 aromatic carbocycles. The number of urea groups is 1. The van der Waals surface area contributed by atoms with Crippen molar-refractivity contribution in [3.05, 3.63) is 22.4 Å². The van der Waals surface area contributed by atoms with Crippen LogP contribution in [-0.4, -0.2) is 30.7 Å². The van der Waals surface area contributed by atoms with Crippen molar-refractivity contribution in [2.45, 2.75) is 44.8 Å². The van der Waals surface area contributed by atoms with Crippen LogP contribution in [0, 0.1) is 0 Å². The van der Waals surface area contributed by atoms with Crippen LogP contribution >= 0.6 is 11.3 Å². The number of rotatable bonds is 4. The molecule has 0 aliphatic heterocycles. The predicted molar refractivity (Wildman–Crippen MR) is 78.0 cm³/mol. The van der Waals surface area contributed by atoms with Gasteiger partial charge in [-0.15, -0.1) is 11.3 Å². The van der Waals surface area contributed by atoms with Gasteiger partial charge in [0.15, 0.2) is 0 Å². The lowest BCUT2D eigenvalue weighted by Gasteiger charge is -2.28. The highest BCUT2D eigenvalue weighted by Gasteiger charge is 2.25. The van der Waals surface area contributed by atoms with E-state index in [-0.39, 0.29) is 24.1 Å². The summed E-state index contributed by atoms with van der Waals surface area (Å²) in [5.74, 6) is -0.236. The summed E-state index contributed by atoms with van der Waals surface area (Å²) in [6.45, 7) is 2.51. The van der Waals surface area contributed by atoms with Crippen molar-refractivity contribution in [3.63, 3.8) is 0 Å². The summed E-state index contributed by atoms with van der Waals surface area (Å²) >= 11 is 1.39. The number of esters is 1. The number of hydrogen-bond donors (Lipinski definition) is 2. The molecule has 20 heavy (non-hydrogen) atoms. The van der Waals surface area contributed by atoms with Crippen LogP contribution in [0.3, 0.4) is 0 Å². The Morgan fingerprint density at radius 3 is 2.70 bits per heavy atom. The average Bonchev–Trinajstić information content (AvgIpc) is 2.95. The molecule has 1 aliphatic rings. The number of carbonyl (C=O) groups is 2. The SMILES string of the molecule is CCNC(=O)NC1CCC(OC(=O)c2cccs2)CC1. The first-order valence-corrected chi connectivity index (χ1v) is 7.86. The minimum atomic E-state index is -0.236. The quantitative estimate of drug-likeness (QED) is 0.839. The van der Waals surface area contributed by atoms with Gasteiger partial charge in [0, 0.05) is 12.6 Å². The molecule has 0 saturated heterocycles. The highest BCUT2D eigenvalue weighted by molar-refractivity contribution is 7.11. The van der Waals surface area contributed by atoms with Crippen LogP contribution in [0.1, 0.15) is 42.3 Å². The first kappa shape index (κ1) is 14.8. The van der Waals surface area contributed by atoms with Gasteiger partial charge in [-0.25, -0.2) is 9.59 Å². The number of thiophene rings is 1. The lowest BCUT2D eigenvalue weighted by molar-refractivity contribution is 0.0194. The molecule has 2 amide bonds. The Morgan fingerprint density at radius 1 is 1.35 bits per heavy atom. The molecule has 6 heteroatoms. The van der Waals surface area contributed by atoms with Gasteiger partial charge < -0.3 is 15.4 Å². The number of carbonyl (C=O) groups excluding carboxylic acids is 2. The van der Waals surface area contributed by atoms with E-state index in [2.05, 4.69) is 10.6 Å². The molecule has 1 aromatic heterocycles. The second-order valence-electron chi connectivity index (χ2n) is 4.86. The Labute approximate surface area is 122 Å². The van der Waals surface area contributed by atoms with E-state index in [1.54, 1.807) is 6.07 Å². The normalized spacial score (nSPS) is 22.1. The van der Waals surface area contributed by atoms with Gasteiger partial charge in [0.1, 0.15) is 11.0 Å². The molecule has 1 aliphatic carbocycles. The minimum absolute atomic E-state index is 0.0307. The molecule has 2 rings (SSSR count). The predicted octanol–water partition coefficient (Wildman–Crippen LogP) is 2.54. The molecule has 1 fully saturated rings. The van der Waals surface area contributed by atoms with E-state index in [1.165, 1.54) is 11.3 Å². The number of nitrogens with one attached hydrogen (secondary N) is 2. The average molecular weight is 296 g/mol. The van der Waals surface area contributed by atoms with E-state index in [9.17, 15) is 9.59 Å². The molecular weight excluding hydrogens is 276 g/mol. The van der Waals surface area contributed by atoms with E-state index in [0.717, 1.165) is 25.7 Å². The summed E-state index contributed by atoms with van der Waals surface area (Å²) < 4.78 is 5.48. The van der Waals surface area contributed by atoms with Crippen LogP contribution in [0.5, 0.6) is 0 Å². The maximum atomic E-state index is 11.8. The molecule has 1 saturated carbocycles. The van der Waals surface area contributed by atoms with Crippen molar-refractivity contribution in [3.8, 4) is 0 Å². The highest BCUT2D eigenvalue weighted by Crippen LogP contribution is 2.23. The molecule has 110 valence electrons. The zero-order valence-electron chi connectivity index (χ0n) is 11.6. The molecule has 5 nitrogen and oxygen atoms in total. The van der Waals surface area contributed by atoms with Crippen LogP contribution in [-0.2, 0) is 4.74 Å². The van der Waals surface area contributed by atoms with Gasteiger partial charge in [-0.1, -0.05) is 6.07 Å². The van der Waals surface area contributed by atoms with Crippen LogP contribution in [0.4, 0.5) is 4.79 Å². The second kappa shape index (κ2) is 7.28. The molecule has 0 spiro atoms. The fraction of sp³-hybridized carbons (Fsp3) is 0.571.